The smallest absolute Gasteiger partial charge is 0.266 e. The van der Waals surface area contributed by atoms with Gasteiger partial charge >= 0.3 is 6.18 Å². The van der Waals surface area contributed by atoms with Crippen LogP contribution in [-0.4, -0.2) is 25.7 Å². The lowest BCUT2D eigenvalue weighted by Crippen LogP contribution is -2.37. The third-order valence-corrected chi connectivity index (χ3v) is 4.82. The van der Waals surface area contributed by atoms with Gasteiger partial charge in [-0.2, -0.15) is 13.2 Å². The molecule has 0 saturated heterocycles. The molecule has 3 aromatic heterocycles. The van der Waals surface area contributed by atoms with Crippen LogP contribution in [0.4, 0.5) is 13.2 Å². The van der Waals surface area contributed by atoms with E-state index in [2.05, 4.69) is 15.0 Å². The van der Waals surface area contributed by atoms with Crippen molar-refractivity contribution >= 4 is 22.6 Å². The molecule has 5 nitrogen and oxygen atoms in total. The number of aromatic nitrogens is 4. The molecule has 134 valence electrons. The van der Waals surface area contributed by atoms with Gasteiger partial charge in [-0.3, -0.25) is 9.36 Å². The van der Waals surface area contributed by atoms with E-state index < -0.39 is 23.6 Å². The van der Waals surface area contributed by atoms with Crippen molar-refractivity contribution < 1.29 is 13.2 Å². The monoisotopic (exact) mass is 380 g/mol. The number of fused-ring (bicyclic) bond motifs is 1. The first-order valence-corrected chi connectivity index (χ1v) is 8.28. The minimum absolute atomic E-state index is 0.0945. The zero-order valence-corrected chi connectivity index (χ0v) is 14.0. The Morgan fingerprint density at radius 2 is 1.92 bits per heavy atom. The van der Waals surface area contributed by atoms with Crippen LogP contribution in [0.25, 0.3) is 16.7 Å². The summed E-state index contributed by atoms with van der Waals surface area (Å²) >= 11 is 5.79. The first-order valence-electron chi connectivity index (χ1n) is 7.91. The highest BCUT2D eigenvalue weighted by Gasteiger charge is 2.49. The Labute approximate surface area is 150 Å². The van der Waals surface area contributed by atoms with Gasteiger partial charge in [0, 0.05) is 12.1 Å². The van der Waals surface area contributed by atoms with Gasteiger partial charge in [0.2, 0.25) is 0 Å². The molecule has 26 heavy (non-hydrogen) atoms. The molecule has 1 fully saturated rings. The number of pyridine rings is 2. The van der Waals surface area contributed by atoms with Crippen molar-refractivity contribution in [3.8, 4) is 5.69 Å². The van der Waals surface area contributed by atoms with Crippen LogP contribution in [0.1, 0.15) is 24.6 Å². The quantitative estimate of drug-likeness (QED) is 0.633. The fourth-order valence-corrected chi connectivity index (χ4v) is 3.27. The van der Waals surface area contributed by atoms with Crippen molar-refractivity contribution in [2.45, 2.75) is 24.9 Å². The summed E-state index contributed by atoms with van der Waals surface area (Å²) in [6.45, 7) is 0. The van der Waals surface area contributed by atoms with Crippen molar-refractivity contribution in [2.24, 2.45) is 5.92 Å². The number of alkyl halides is 3. The van der Waals surface area contributed by atoms with Crippen molar-refractivity contribution in [1.82, 2.24) is 19.5 Å². The summed E-state index contributed by atoms with van der Waals surface area (Å²) in [6.07, 6.45) is -1.56. The van der Waals surface area contributed by atoms with Crippen LogP contribution in [0.2, 0.25) is 5.15 Å². The van der Waals surface area contributed by atoms with E-state index in [-0.39, 0.29) is 23.5 Å². The van der Waals surface area contributed by atoms with E-state index in [0.717, 1.165) is 0 Å². The van der Waals surface area contributed by atoms with Gasteiger partial charge in [0.1, 0.15) is 11.0 Å². The lowest BCUT2D eigenvalue weighted by molar-refractivity contribution is -0.198. The van der Waals surface area contributed by atoms with Crippen LogP contribution >= 0.6 is 11.6 Å². The summed E-state index contributed by atoms with van der Waals surface area (Å²) < 4.78 is 39.9. The second-order valence-corrected chi connectivity index (χ2v) is 6.61. The summed E-state index contributed by atoms with van der Waals surface area (Å²) in [4.78, 5) is 25.4. The molecule has 0 N–H and O–H groups in total. The summed E-state index contributed by atoms with van der Waals surface area (Å²) in [5.74, 6) is -1.54. The van der Waals surface area contributed by atoms with Gasteiger partial charge < -0.3 is 0 Å². The van der Waals surface area contributed by atoms with Gasteiger partial charge in [0.05, 0.1) is 23.3 Å². The second kappa shape index (κ2) is 6.05. The predicted molar refractivity (Wildman–Crippen MR) is 89.5 cm³/mol. The van der Waals surface area contributed by atoms with E-state index in [1.54, 1.807) is 18.2 Å². The maximum atomic E-state index is 12.9. The Morgan fingerprint density at radius 3 is 2.58 bits per heavy atom. The zero-order valence-electron chi connectivity index (χ0n) is 13.2. The van der Waals surface area contributed by atoms with Crippen molar-refractivity contribution in [3.05, 3.63) is 58.0 Å². The lowest BCUT2D eigenvalue weighted by atomic mass is 9.74. The van der Waals surface area contributed by atoms with Gasteiger partial charge in [0.25, 0.3) is 5.56 Å². The molecule has 0 spiro atoms. The highest BCUT2D eigenvalue weighted by atomic mass is 35.5. The summed E-state index contributed by atoms with van der Waals surface area (Å²) in [7, 11) is 0. The minimum Gasteiger partial charge on any atom is -0.266 e. The fourth-order valence-electron chi connectivity index (χ4n) is 3.15. The third-order valence-electron chi connectivity index (χ3n) is 4.59. The van der Waals surface area contributed by atoms with Gasteiger partial charge in [0.15, 0.2) is 5.52 Å². The topological polar surface area (TPSA) is 60.7 Å². The average molecular weight is 381 g/mol. The summed E-state index contributed by atoms with van der Waals surface area (Å²) in [6, 6.07) is 6.34. The van der Waals surface area contributed by atoms with E-state index in [1.165, 1.54) is 23.0 Å². The molecule has 3 aromatic rings. The molecule has 0 atom stereocenters. The first kappa shape index (κ1) is 17.0. The van der Waals surface area contributed by atoms with E-state index >= 15 is 0 Å². The molecule has 0 aromatic carbocycles. The molecular weight excluding hydrogens is 369 g/mol. The molecule has 4 rings (SSSR count). The molecule has 0 radical (unpaired) electrons. The van der Waals surface area contributed by atoms with Crippen LogP contribution in [0, 0.1) is 5.92 Å². The van der Waals surface area contributed by atoms with Crippen molar-refractivity contribution in [2.75, 3.05) is 0 Å². The number of hydrogen-bond acceptors (Lipinski definition) is 4. The average Bonchev–Trinajstić information content (AvgIpc) is 2.54. The molecule has 9 heteroatoms. The van der Waals surface area contributed by atoms with Gasteiger partial charge in [-0.05, 0) is 37.1 Å². The minimum atomic E-state index is -4.23. The lowest BCUT2D eigenvalue weighted by Gasteiger charge is -2.36. The summed E-state index contributed by atoms with van der Waals surface area (Å²) in [5, 5.41) is 0.246. The number of halogens is 4. The van der Waals surface area contributed by atoms with Crippen LogP contribution in [0.15, 0.2) is 41.5 Å². The van der Waals surface area contributed by atoms with E-state index in [4.69, 9.17) is 11.6 Å². The van der Waals surface area contributed by atoms with E-state index in [9.17, 15) is 18.0 Å². The van der Waals surface area contributed by atoms with E-state index in [1.807, 2.05) is 0 Å². The van der Waals surface area contributed by atoms with Gasteiger partial charge in [-0.25, -0.2) is 15.0 Å². The molecule has 3 heterocycles. The van der Waals surface area contributed by atoms with Crippen LogP contribution in [-0.2, 0) is 0 Å². The van der Waals surface area contributed by atoms with Crippen LogP contribution < -0.4 is 5.56 Å². The Hall–Kier alpha value is -2.48. The largest absolute Gasteiger partial charge is 0.391 e. The van der Waals surface area contributed by atoms with Crippen LogP contribution in [0.3, 0.4) is 0 Å². The summed E-state index contributed by atoms with van der Waals surface area (Å²) in [5.41, 5.74) is 0.467. The number of hydrogen-bond donors (Lipinski definition) is 0. The van der Waals surface area contributed by atoms with Gasteiger partial charge in [-0.1, -0.05) is 11.6 Å². The number of rotatable bonds is 2. The van der Waals surface area contributed by atoms with Crippen LogP contribution in [0.5, 0.6) is 0 Å². The van der Waals surface area contributed by atoms with E-state index in [0.29, 0.717) is 17.0 Å². The highest BCUT2D eigenvalue weighted by Crippen LogP contribution is 2.49. The Bertz CT molecular complexity index is 1030. The SMILES string of the molecule is O=c1c2ncccc2nc(C2CC(C(F)(F)F)C2)n1-c1ccc(Cl)nc1. The number of nitrogens with zero attached hydrogens (tertiary/aromatic N) is 4. The molecular formula is C17H12ClF3N4O. The maximum absolute atomic E-state index is 12.9. The second-order valence-electron chi connectivity index (χ2n) is 6.23. The normalized spacial score (nSPS) is 20.2. The van der Waals surface area contributed by atoms with Crippen molar-refractivity contribution in [1.29, 1.82) is 0 Å². The maximum Gasteiger partial charge on any atom is 0.391 e. The Balaban J connectivity index is 1.87. The molecule has 1 saturated carbocycles. The fraction of sp³-hybridized carbons (Fsp3) is 0.294. The third kappa shape index (κ3) is 2.84. The Kier molecular flexibility index (Phi) is 3.95. The zero-order chi connectivity index (χ0) is 18.5. The predicted octanol–water partition coefficient (Wildman–Crippen LogP) is 3.89. The first-order chi connectivity index (χ1) is 12.3. The molecule has 0 aliphatic heterocycles. The Morgan fingerprint density at radius 1 is 1.15 bits per heavy atom. The molecule has 1 aliphatic carbocycles. The van der Waals surface area contributed by atoms with Crippen molar-refractivity contribution in [3.63, 3.8) is 0 Å². The highest BCUT2D eigenvalue weighted by molar-refractivity contribution is 6.29. The molecule has 0 amide bonds. The molecule has 0 unspecified atom stereocenters. The molecule has 0 bridgehead atoms. The van der Waals surface area contributed by atoms with Gasteiger partial charge in [-0.15, -0.1) is 0 Å². The molecule has 1 aliphatic rings. The standard InChI is InChI=1S/C17H12ClF3N4O/c18-13-4-3-11(8-23-13)25-15(9-6-10(7-9)17(19,20)21)24-12-2-1-5-22-14(12)16(25)26/h1-5,8-10H,6-7H2.